The van der Waals surface area contributed by atoms with Crippen LogP contribution in [0.5, 0.6) is 0 Å². The maximum atomic E-state index is 14.8. The van der Waals surface area contributed by atoms with E-state index in [0.717, 1.165) is 6.42 Å². The summed E-state index contributed by atoms with van der Waals surface area (Å²) in [6.45, 7) is 37.5. The molecule has 0 bridgehead atoms. The highest BCUT2D eigenvalue weighted by Gasteiger charge is 2.55. The van der Waals surface area contributed by atoms with E-state index in [1.54, 1.807) is 48.8 Å². The summed E-state index contributed by atoms with van der Waals surface area (Å²) in [6, 6.07) is -0.0381. The van der Waals surface area contributed by atoms with Crippen LogP contribution in [0.3, 0.4) is 0 Å². The van der Waals surface area contributed by atoms with Gasteiger partial charge in [-0.05, 0) is 121 Å². The number of likely N-dealkylation sites (N-methyl/N-ethyl adjacent to an activating group) is 1. The zero-order chi connectivity index (χ0) is 51.4. The Balaban J connectivity index is 2.39. The second-order valence-corrected chi connectivity index (χ2v) is 32.0. The first-order valence-electron chi connectivity index (χ1n) is 24.9. The molecule has 3 heterocycles. The SMILES string of the molecule is CCOC(C)(C)O/N=C1/[C@H](C)C[C@@](C)(OC)C(O[C@@H]2O[C@H](C)C[C@H](N(C)C)[C@H]2O[Si](C)(C)C)[C@@H](C)[C@H](O[C@H]2C[C@@](C)(OC)[C@@H](O[Si](C)(C)C)[C@H](C)O2)[C@@H](C)C(=O)O[C@H](CC)[C@@](C)(O)[C@H](O)[C@H]1C. The average Bonchev–Trinajstić information content (AvgIpc) is 3.20. The largest absolute Gasteiger partial charge is 0.459 e. The number of cyclic esters (lactones) is 1. The molecule has 0 saturated carbocycles. The Morgan fingerprint density at radius 3 is 1.90 bits per heavy atom. The second-order valence-electron chi connectivity index (χ2n) is 23.1. The van der Waals surface area contributed by atoms with E-state index in [2.05, 4.69) is 44.2 Å². The molecule has 2 N–H and O–H groups in total. The molecule has 394 valence electrons. The fourth-order valence-electron chi connectivity index (χ4n) is 10.4. The average molecular weight is 993 g/mol. The molecular weight excluding hydrogens is 897 g/mol. The predicted octanol–water partition coefficient (Wildman–Crippen LogP) is 7.73. The molecule has 0 radical (unpaired) electrons. The summed E-state index contributed by atoms with van der Waals surface area (Å²) in [6.07, 6.45) is -5.99. The van der Waals surface area contributed by atoms with Gasteiger partial charge in [0, 0.05) is 64.9 Å². The molecule has 18 heteroatoms. The highest BCUT2D eigenvalue weighted by molar-refractivity contribution is 6.70. The van der Waals surface area contributed by atoms with Crippen molar-refractivity contribution < 1.29 is 66.6 Å². The Hall–Kier alpha value is -1.11. The molecule has 67 heavy (non-hydrogen) atoms. The number of carbonyl (C=O) groups excluding carboxylic acids is 1. The van der Waals surface area contributed by atoms with Crippen LogP contribution in [0, 0.1) is 23.7 Å². The summed E-state index contributed by atoms with van der Waals surface area (Å²) in [5, 5.41) is 29.2. The molecular formula is C49H96N2O14Si2. The Kier molecular flexibility index (Phi) is 21.2. The van der Waals surface area contributed by atoms with Gasteiger partial charge in [-0.15, -0.1) is 0 Å². The van der Waals surface area contributed by atoms with Gasteiger partial charge in [0.05, 0.1) is 59.5 Å². The maximum absolute atomic E-state index is 14.8. The Morgan fingerprint density at radius 2 is 1.39 bits per heavy atom. The number of aliphatic hydroxyl groups is 2. The van der Waals surface area contributed by atoms with Gasteiger partial charge >= 0.3 is 5.97 Å². The summed E-state index contributed by atoms with van der Waals surface area (Å²) in [4.78, 5) is 23.1. The van der Waals surface area contributed by atoms with Crippen LogP contribution in [0.2, 0.25) is 39.3 Å². The first-order chi connectivity index (χ1) is 30.6. The van der Waals surface area contributed by atoms with Crippen molar-refractivity contribution in [3.05, 3.63) is 0 Å². The number of hydrogen-bond acceptors (Lipinski definition) is 16. The van der Waals surface area contributed by atoms with Crippen molar-refractivity contribution in [2.24, 2.45) is 28.8 Å². The summed E-state index contributed by atoms with van der Waals surface area (Å²) in [7, 11) is 3.16. The summed E-state index contributed by atoms with van der Waals surface area (Å²) >= 11 is 0. The molecule has 3 fully saturated rings. The van der Waals surface area contributed by atoms with E-state index in [1.165, 1.54) is 6.92 Å². The highest BCUT2D eigenvalue weighted by Crippen LogP contribution is 2.43. The first kappa shape index (κ1) is 60.2. The lowest BCUT2D eigenvalue weighted by Gasteiger charge is -2.51. The number of hydrogen-bond donors (Lipinski definition) is 2. The van der Waals surface area contributed by atoms with Crippen LogP contribution in [0.15, 0.2) is 5.16 Å². The van der Waals surface area contributed by atoms with Crippen LogP contribution in [0.4, 0.5) is 0 Å². The van der Waals surface area contributed by atoms with Gasteiger partial charge in [0.2, 0.25) is 5.79 Å². The number of rotatable bonds is 16. The van der Waals surface area contributed by atoms with Crippen LogP contribution in [0.25, 0.3) is 0 Å². The van der Waals surface area contributed by atoms with Crippen molar-refractivity contribution in [2.45, 2.75) is 245 Å². The molecule has 3 saturated heterocycles. The van der Waals surface area contributed by atoms with Gasteiger partial charge in [-0.2, -0.15) is 0 Å². The number of methoxy groups -OCH3 is 2. The number of ether oxygens (including phenoxy) is 8. The number of carbonyl (C=O) groups is 1. The van der Waals surface area contributed by atoms with Crippen molar-refractivity contribution in [1.82, 2.24) is 4.90 Å². The lowest BCUT2D eigenvalue weighted by Crippen LogP contribution is -2.63. The third-order valence-electron chi connectivity index (χ3n) is 14.1. The third kappa shape index (κ3) is 15.5. The van der Waals surface area contributed by atoms with Crippen LogP contribution in [0.1, 0.15) is 116 Å². The quantitative estimate of drug-likeness (QED) is 0.0665. The van der Waals surface area contributed by atoms with E-state index in [0.29, 0.717) is 18.7 Å². The van der Waals surface area contributed by atoms with Gasteiger partial charge < -0.3 is 66.7 Å². The third-order valence-corrected chi connectivity index (χ3v) is 16.0. The van der Waals surface area contributed by atoms with Crippen molar-refractivity contribution in [3.63, 3.8) is 0 Å². The van der Waals surface area contributed by atoms with E-state index in [4.69, 9.17) is 56.7 Å². The molecule has 1 unspecified atom stereocenters. The summed E-state index contributed by atoms with van der Waals surface area (Å²) in [5.41, 5.74) is -3.43. The lowest BCUT2D eigenvalue weighted by atomic mass is 9.73. The van der Waals surface area contributed by atoms with Crippen molar-refractivity contribution in [3.8, 4) is 0 Å². The molecule has 18 atom stereocenters. The van der Waals surface area contributed by atoms with Crippen LogP contribution in [-0.4, -0.2) is 168 Å². The number of oxime groups is 1. The minimum absolute atomic E-state index is 0.0381. The van der Waals surface area contributed by atoms with Crippen LogP contribution < -0.4 is 0 Å². The standard InChI is InChI=1S/C49H96N2O14Si2/c1-24-36-49(13,54)41(52)31(5)38(50-65-46(9,10)57-25-2)29(3)27-47(11,55-16)42(62-45-40(63-66(18,19)20)35(51(14)15)26-30(4)58-45)32(6)39(33(7)44(53)60-36)61-37-28-48(12,56-17)43(34(8)59-37)64-67(21,22)23/h29-37,39-43,45,52,54H,24-28H2,1-23H3/b50-38-/t29-,30-,31+,32+,33-,34+,35+,36-,37+,39+,40-,41-,42?,43+,45+,47-,48-,49-/m1/s1. The van der Waals surface area contributed by atoms with Gasteiger partial charge in [-0.1, -0.05) is 32.9 Å². The molecule has 3 rings (SSSR count). The first-order valence-corrected chi connectivity index (χ1v) is 31.7. The van der Waals surface area contributed by atoms with E-state index in [-0.39, 0.29) is 31.1 Å². The molecule has 0 aromatic rings. The van der Waals surface area contributed by atoms with Gasteiger partial charge in [-0.25, -0.2) is 0 Å². The van der Waals surface area contributed by atoms with E-state index >= 15 is 0 Å². The van der Waals surface area contributed by atoms with Crippen molar-refractivity contribution >= 4 is 28.3 Å². The molecule has 3 aliphatic heterocycles. The van der Waals surface area contributed by atoms with Gasteiger partial charge in [0.25, 0.3) is 0 Å². The normalized spacial score (nSPS) is 42.1. The van der Waals surface area contributed by atoms with Crippen molar-refractivity contribution in [2.75, 3.05) is 34.9 Å². The smallest absolute Gasteiger partial charge is 0.311 e. The molecule has 16 nitrogen and oxygen atoms in total. The number of aliphatic hydroxyl groups excluding tert-OH is 1. The Bertz CT molecular complexity index is 1590. The Labute approximate surface area is 407 Å². The Morgan fingerprint density at radius 1 is 0.821 bits per heavy atom. The minimum atomic E-state index is -2.20. The summed E-state index contributed by atoms with van der Waals surface area (Å²) in [5.74, 6) is -4.57. The zero-order valence-corrected chi connectivity index (χ0v) is 47.9. The molecule has 0 aromatic carbocycles. The highest BCUT2D eigenvalue weighted by atomic mass is 28.4. The molecule has 3 aliphatic rings. The van der Waals surface area contributed by atoms with Gasteiger partial charge in [-0.3, -0.25) is 4.79 Å². The monoisotopic (exact) mass is 993 g/mol. The van der Waals surface area contributed by atoms with Crippen LogP contribution in [-0.2, 0) is 56.4 Å². The molecule has 0 aromatic heterocycles. The number of esters is 1. The zero-order valence-electron chi connectivity index (χ0n) is 45.9. The predicted molar refractivity (Wildman–Crippen MR) is 265 cm³/mol. The van der Waals surface area contributed by atoms with Crippen molar-refractivity contribution in [1.29, 1.82) is 0 Å². The van der Waals surface area contributed by atoms with E-state index in [9.17, 15) is 15.0 Å². The number of nitrogens with zero attached hydrogens (tertiary/aromatic N) is 2. The fraction of sp³-hybridized carbons (Fsp3) is 0.959. The fourth-order valence-corrected chi connectivity index (χ4v) is 12.7. The molecule has 0 amide bonds. The van der Waals surface area contributed by atoms with Gasteiger partial charge in [0.15, 0.2) is 29.2 Å². The van der Waals surface area contributed by atoms with E-state index < -0.39 is 118 Å². The molecule has 0 aliphatic carbocycles. The second kappa shape index (κ2) is 23.6. The van der Waals surface area contributed by atoms with E-state index in [1.807, 2.05) is 62.6 Å². The lowest BCUT2D eigenvalue weighted by molar-refractivity contribution is -0.316. The topological polar surface area (TPSA) is 175 Å². The van der Waals surface area contributed by atoms with Gasteiger partial charge in [0.1, 0.15) is 17.8 Å². The molecule has 0 spiro atoms. The maximum Gasteiger partial charge on any atom is 0.311 e. The van der Waals surface area contributed by atoms with Crippen LogP contribution >= 0.6 is 0 Å². The minimum Gasteiger partial charge on any atom is -0.459 e. The summed E-state index contributed by atoms with van der Waals surface area (Å²) < 4.78 is 66.8.